The summed E-state index contributed by atoms with van der Waals surface area (Å²) >= 11 is 0. The zero-order valence-corrected chi connectivity index (χ0v) is 22.5. The molecule has 1 fully saturated rings. The van der Waals surface area contributed by atoms with Gasteiger partial charge in [0.2, 0.25) is 5.91 Å². The zero-order chi connectivity index (χ0) is 26.6. The number of carbonyl (C=O) groups excluding carboxylic acids is 2. The summed E-state index contributed by atoms with van der Waals surface area (Å²) < 4.78 is 13.5. The predicted octanol–water partition coefficient (Wildman–Crippen LogP) is 5.56. The fourth-order valence-electron chi connectivity index (χ4n) is 5.47. The van der Waals surface area contributed by atoms with Crippen LogP contribution in [0.3, 0.4) is 0 Å². The number of benzene rings is 2. The van der Waals surface area contributed by atoms with Gasteiger partial charge >= 0.3 is 0 Å². The van der Waals surface area contributed by atoms with Crippen LogP contribution in [0.25, 0.3) is 0 Å². The lowest BCUT2D eigenvalue weighted by Crippen LogP contribution is -2.42. The van der Waals surface area contributed by atoms with Crippen LogP contribution in [-0.2, 0) is 15.1 Å². The number of aliphatic imine (C=N–C) groups is 1. The van der Waals surface area contributed by atoms with Crippen molar-refractivity contribution in [3.05, 3.63) is 65.5 Å². The molecule has 1 N–H and O–H groups in total. The summed E-state index contributed by atoms with van der Waals surface area (Å²) in [7, 11) is 0. The van der Waals surface area contributed by atoms with Crippen LogP contribution < -0.4 is 5.32 Å². The van der Waals surface area contributed by atoms with E-state index in [1.165, 1.54) is 17.7 Å². The molecule has 6 nitrogen and oxygen atoms in total. The molecular weight excluding hydrogens is 467 g/mol. The van der Waals surface area contributed by atoms with Gasteiger partial charge in [0, 0.05) is 18.2 Å². The van der Waals surface area contributed by atoms with Gasteiger partial charge in [-0.2, -0.15) is 0 Å². The first-order valence-electron chi connectivity index (χ1n) is 13.5. The number of piperidine rings is 1. The maximum absolute atomic E-state index is 13.5. The van der Waals surface area contributed by atoms with Gasteiger partial charge in [0.25, 0.3) is 5.91 Å². The van der Waals surface area contributed by atoms with Crippen molar-refractivity contribution in [1.82, 2.24) is 9.80 Å². The largest absolute Gasteiger partial charge is 0.326 e. The Morgan fingerprint density at radius 1 is 1.14 bits per heavy atom. The van der Waals surface area contributed by atoms with E-state index in [0.717, 1.165) is 56.0 Å². The Bertz CT molecular complexity index is 1140. The molecule has 2 amide bonds. The first-order chi connectivity index (χ1) is 17.7. The van der Waals surface area contributed by atoms with Crippen LogP contribution in [0, 0.1) is 11.7 Å². The number of nitrogens with zero attached hydrogens (tertiary/aromatic N) is 3. The molecule has 2 aromatic rings. The van der Waals surface area contributed by atoms with Crippen LogP contribution in [0.5, 0.6) is 0 Å². The van der Waals surface area contributed by atoms with Crippen LogP contribution in [0.4, 0.5) is 10.1 Å². The molecular formula is C30H39FN4O2. The lowest BCUT2D eigenvalue weighted by molar-refractivity contribution is -0.131. The summed E-state index contributed by atoms with van der Waals surface area (Å²) in [5.41, 5.74) is 1.96. The molecule has 198 valence electrons. The van der Waals surface area contributed by atoms with Gasteiger partial charge in [0.15, 0.2) is 5.54 Å². The quantitative estimate of drug-likeness (QED) is 0.485. The number of carbonyl (C=O) groups is 2. The average molecular weight is 507 g/mol. The first kappa shape index (κ1) is 27.0. The lowest BCUT2D eigenvalue weighted by Gasteiger charge is -2.33. The van der Waals surface area contributed by atoms with Crippen molar-refractivity contribution in [3.63, 3.8) is 0 Å². The third-order valence-electron chi connectivity index (χ3n) is 7.77. The summed E-state index contributed by atoms with van der Waals surface area (Å²) in [5.74, 6) is 0.896. The normalized spacial score (nSPS) is 21.0. The topological polar surface area (TPSA) is 65.0 Å². The second-order valence-corrected chi connectivity index (χ2v) is 10.6. The molecule has 2 aliphatic heterocycles. The Morgan fingerprint density at radius 3 is 2.49 bits per heavy atom. The number of hydrogen-bond acceptors (Lipinski definition) is 4. The van der Waals surface area contributed by atoms with Crippen molar-refractivity contribution < 1.29 is 14.0 Å². The van der Waals surface area contributed by atoms with Crippen molar-refractivity contribution >= 4 is 23.3 Å². The van der Waals surface area contributed by atoms with Gasteiger partial charge in [0.1, 0.15) is 11.7 Å². The third kappa shape index (κ3) is 5.93. The summed E-state index contributed by atoms with van der Waals surface area (Å²) in [6, 6.07) is 14.4. The summed E-state index contributed by atoms with van der Waals surface area (Å²) in [5, 5.41) is 3.01. The van der Waals surface area contributed by atoms with Gasteiger partial charge in [-0.25, -0.2) is 4.39 Å². The Balaban J connectivity index is 1.28. The van der Waals surface area contributed by atoms with Crippen LogP contribution >= 0.6 is 0 Å². The summed E-state index contributed by atoms with van der Waals surface area (Å²) in [6.45, 7) is 11.2. The standard InChI is InChI=1S/C30H39FN4O2/c1-5-30(25-10-12-26(31)13-11-25)29(37)35(22(4)33-30)17-7-16-34-18-14-23(15-19-34)24-8-6-9-27(20-24)32-28(36)21(2)3/h6,8-13,20-21,23H,5,7,14-19H2,1-4H3,(H,32,36)/t30-/m1/s1. The highest BCUT2D eigenvalue weighted by Gasteiger charge is 2.46. The number of amides is 2. The zero-order valence-electron chi connectivity index (χ0n) is 22.5. The van der Waals surface area contributed by atoms with Crippen molar-refractivity contribution in [2.45, 2.75) is 64.8 Å². The van der Waals surface area contributed by atoms with Crippen LogP contribution in [0.1, 0.15) is 70.4 Å². The number of rotatable bonds is 9. The van der Waals surface area contributed by atoms with Crippen LogP contribution in [-0.4, -0.2) is 53.6 Å². The van der Waals surface area contributed by atoms with E-state index in [0.29, 0.717) is 18.9 Å². The molecule has 37 heavy (non-hydrogen) atoms. The molecule has 0 saturated carbocycles. The highest BCUT2D eigenvalue weighted by molar-refractivity contribution is 6.07. The summed E-state index contributed by atoms with van der Waals surface area (Å²) in [6.07, 6.45) is 3.58. The van der Waals surface area contributed by atoms with E-state index >= 15 is 0 Å². The fraction of sp³-hybridized carbons (Fsp3) is 0.500. The Hall–Kier alpha value is -3.06. The molecule has 4 rings (SSSR count). The minimum atomic E-state index is -0.945. The predicted molar refractivity (Wildman–Crippen MR) is 146 cm³/mol. The minimum Gasteiger partial charge on any atom is -0.326 e. The molecule has 2 aliphatic rings. The van der Waals surface area contributed by atoms with E-state index in [1.807, 2.05) is 39.8 Å². The second-order valence-electron chi connectivity index (χ2n) is 10.6. The SMILES string of the molecule is CC[C@]1(c2ccc(F)cc2)N=C(C)N(CCCN2CCC(c3cccc(NC(=O)C(C)C)c3)CC2)C1=O. The van der Waals surface area contributed by atoms with Gasteiger partial charge in [-0.05, 0) is 93.6 Å². The smallest absolute Gasteiger partial charge is 0.260 e. The maximum atomic E-state index is 13.5. The molecule has 2 heterocycles. The van der Waals surface area contributed by atoms with E-state index in [4.69, 9.17) is 4.99 Å². The first-order valence-corrected chi connectivity index (χ1v) is 13.5. The summed E-state index contributed by atoms with van der Waals surface area (Å²) in [4.78, 5) is 34.5. The number of nitrogens with one attached hydrogen (secondary N) is 1. The fourth-order valence-corrected chi connectivity index (χ4v) is 5.47. The van der Waals surface area contributed by atoms with Gasteiger partial charge in [-0.1, -0.05) is 45.0 Å². The highest BCUT2D eigenvalue weighted by atomic mass is 19.1. The molecule has 0 spiro atoms. The molecule has 1 saturated heterocycles. The number of anilines is 1. The maximum Gasteiger partial charge on any atom is 0.260 e. The number of amidine groups is 1. The van der Waals surface area contributed by atoms with Gasteiger partial charge < -0.3 is 10.2 Å². The molecule has 7 heteroatoms. The van der Waals surface area contributed by atoms with Gasteiger partial charge in [-0.15, -0.1) is 0 Å². The Kier molecular flexibility index (Phi) is 8.42. The monoisotopic (exact) mass is 506 g/mol. The average Bonchev–Trinajstić information content (AvgIpc) is 3.14. The van der Waals surface area contributed by atoms with E-state index in [-0.39, 0.29) is 23.5 Å². The number of hydrogen-bond donors (Lipinski definition) is 1. The minimum absolute atomic E-state index is 0.0118. The molecule has 2 aromatic carbocycles. The van der Waals surface area contributed by atoms with Crippen molar-refractivity contribution in [2.24, 2.45) is 10.9 Å². The van der Waals surface area contributed by atoms with E-state index < -0.39 is 5.54 Å². The van der Waals surface area contributed by atoms with Crippen molar-refractivity contribution in [1.29, 1.82) is 0 Å². The Morgan fingerprint density at radius 2 is 1.84 bits per heavy atom. The van der Waals surface area contributed by atoms with E-state index in [1.54, 1.807) is 17.0 Å². The number of likely N-dealkylation sites (tertiary alicyclic amines) is 1. The van der Waals surface area contributed by atoms with Crippen LogP contribution in [0.2, 0.25) is 0 Å². The Labute approximate surface area is 219 Å². The molecule has 0 aliphatic carbocycles. The van der Waals surface area contributed by atoms with Gasteiger partial charge in [-0.3, -0.25) is 19.5 Å². The molecule has 0 unspecified atom stereocenters. The van der Waals surface area contributed by atoms with Crippen LogP contribution in [0.15, 0.2) is 53.5 Å². The van der Waals surface area contributed by atoms with E-state index in [9.17, 15) is 14.0 Å². The number of halogens is 1. The van der Waals surface area contributed by atoms with Gasteiger partial charge in [0.05, 0.1) is 0 Å². The second kappa shape index (κ2) is 11.5. The van der Waals surface area contributed by atoms with Crippen molar-refractivity contribution in [2.75, 3.05) is 31.5 Å². The molecule has 0 aromatic heterocycles. The molecule has 0 radical (unpaired) electrons. The van der Waals surface area contributed by atoms with Crippen molar-refractivity contribution in [3.8, 4) is 0 Å². The molecule has 0 bridgehead atoms. The molecule has 1 atom stereocenters. The van der Waals surface area contributed by atoms with E-state index in [2.05, 4.69) is 22.3 Å². The third-order valence-corrected chi connectivity index (χ3v) is 7.77. The highest BCUT2D eigenvalue weighted by Crippen LogP contribution is 2.37. The lowest BCUT2D eigenvalue weighted by atomic mass is 9.87.